The average molecular weight is 288 g/mol. The molecule has 1 heterocycles. The molecular formula is C17H24N2O2. The lowest BCUT2D eigenvalue weighted by Gasteiger charge is -2.35. The van der Waals surface area contributed by atoms with Crippen molar-refractivity contribution in [1.29, 1.82) is 0 Å². The highest BCUT2D eigenvalue weighted by molar-refractivity contribution is 5.86. The van der Waals surface area contributed by atoms with E-state index in [4.69, 9.17) is 10.5 Å². The summed E-state index contributed by atoms with van der Waals surface area (Å²) < 4.78 is 5.84. The SMILES string of the molecule is CC1CCCC(N)(C(=O)NCC2Cc3ccccc3O2)C1. The number of rotatable bonds is 3. The molecule has 0 aromatic heterocycles. The molecule has 0 bridgehead atoms. The first-order chi connectivity index (χ1) is 10.1. The molecule has 4 heteroatoms. The highest BCUT2D eigenvalue weighted by Gasteiger charge is 2.38. The zero-order valence-electron chi connectivity index (χ0n) is 12.6. The molecule has 1 aromatic carbocycles. The van der Waals surface area contributed by atoms with Crippen LogP contribution in [0.4, 0.5) is 0 Å². The van der Waals surface area contributed by atoms with Gasteiger partial charge in [0.2, 0.25) is 5.91 Å². The maximum Gasteiger partial charge on any atom is 0.240 e. The number of carbonyl (C=O) groups is 1. The maximum atomic E-state index is 12.4. The number of nitrogens with two attached hydrogens (primary N) is 1. The normalized spacial score (nSPS) is 31.3. The van der Waals surface area contributed by atoms with E-state index in [1.165, 1.54) is 12.0 Å². The molecule has 1 aromatic rings. The molecule has 1 fully saturated rings. The van der Waals surface area contributed by atoms with E-state index in [0.717, 1.165) is 31.4 Å². The summed E-state index contributed by atoms with van der Waals surface area (Å²) in [5.74, 6) is 1.44. The highest BCUT2D eigenvalue weighted by atomic mass is 16.5. The largest absolute Gasteiger partial charge is 0.488 e. The summed E-state index contributed by atoms with van der Waals surface area (Å²) in [6.07, 6.45) is 4.66. The number of hydrogen-bond acceptors (Lipinski definition) is 3. The van der Waals surface area contributed by atoms with Crippen LogP contribution in [0.25, 0.3) is 0 Å². The van der Waals surface area contributed by atoms with Gasteiger partial charge in [-0.15, -0.1) is 0 Å². The molecule has 1 aliphatic carbocycles. The van der Waals surface area contributed by atoms with Crippen molar-refractivity contribution < 1.29 is 9.53 Å². The van der Waals surface area contributed by atoms with Crippen LogP contribution in [0.1, 0.15) is 38.2 Å². The van der Waals surface area contributed by atoms with Crippen LogP contribution in [0, 0.1) is 5.92 Å². The molecule has 0 spiro atoms. The van der Waals surface area contributed by atoms with Gasteiger partial charge in [0.15, 0.2) is 0 Å². The second-order valence-corrected chi connectivity index (χ2v) is 6.62. The minimum Gasteiger partial charge on any atom is -0.488 e. The molecule has 1 amide bonds. The average Bonchev–Trinajstić information content (AvgIpc) is 2.87. The summed E-state index contributed by atoms with van der Waals surface area (Å²) in [7, 11) is 0. The lowest BCUT2D eigenvalue weighted by atomic mass is 9.76. The van der Waals surface area contributed by atoms with Crippen LogP contribution in [0.2, 0.25) is 0 Å². The fraction of sp³-hybridized carbons (Fsp3) is 0.588. The number of amides is 1. The molecule has 3 unspecified atom stereocenters. The molecule has 3 N–H and O–H groups in total. The van der Waals surface area contributed by atoms with Crippen LogP contribution in [0.5, 0.6) is 5.75 Å². The van der Waals surface area contributed by atoms with Crippen LogP contribution < -0.4 is 15.8 Å². The second-order valence-electron chi connectivity index (χ2n) is 6.62. The fourth-order valence-electron chi connectivity index (χ4n) is 3.55. The molecule has 0 saturated heterocycles. The van der Waals surface area contributed by atoms with E-state index in [1.807, 2.05) is 18.2 Å². The quantitative estimate of drug-likeness (QED) is 0.894. The van der Waals surface area contributed by atoms with Crippen molar-refractivity contribution in [2.24, 2.45) is 11.7 Å². The fourth-order valence-corrected chi connectivity index (χ4v) is 3.55. The first-order valence-corrected chi connectivity index (χ1v) is 7.88. The molecule has 114 valence electrons. The zero-order chi connectivity index (χ0) is 14.9. The molecule has 21 heavy (non-hydrogen) atoms. The molecule has 1 aliphatic heterocycles. The van der Waals surface area contributed by atoms with Crippen molar-refractivity contribution in [2.45, 2.75) is 50.7 Å². The Morgan fingerprint density at radius 1 is 1.48 bits per heavy atom. The van der Waals surface area contributed by atoms with Gasteiger partial charge in [-0.2, -0.15) is 0 Å². The van der Waals surface area contributed by atoms with E-state index >= 15 is 0 Å². The van der Waals surface area contributed by atoms with E-state index in [-0.39, 0.29) is 12.0 Å². The number of nitrogens with one attached hydrogen (secondary N) is 1. The summed E-state index contributed by atoms with van der Waals surface area (Å²) in [6.45, 7) is 2.70. The molecule has 0 radical (unpaired) electrons. The third-order valence-electron chi connectivity index (χ3n) is 4.69. The Labute approximate surface area is 126 Å². The van der Waals surface area contributed by atoms with E-state index in [0.29, 0.717) is 12.5 Å². The number of fused-ring (bicyclic) bond motifs is 1. The molecule has 3 rings (SSSR count). The summed E-state index contributed by atoms with van der Waals surface area (Å²) in [6, 6.07) is 8.04. The molecule has 2 aliphatic rings. The number of para-hydroxylation sites is 1. The zero-order valence-corrected chi connectivity index (χ0v) is 12.6. The van der Waals surface area contributed by atoms with Gasteiger partial charge in [-0.05, 0) is 30.4 Å². The maximum absolute atomic E-state index is 12.4. The Hall–Kier alpha value is -1.55. The van der Waals surface area contributed by atoms with Gasteiger partial charge in [0.25, 0.3) is 0 Å². The van der Waals surface area contributed by atoms with Crippen LogP contribution in [-0.4, -0.2) is 24.1 Å². The Kier molecular flexibility index (Phi) is 3.89. The van der Waals surface area contributed by atoms with Crippen LogP contribution in [-0.2, 0) is 11.2 Å². The summed E-state index contributed by atoms with van der Waals surface area (Å²) in [5.41, 5.74) is 6.83. The van der Waals surface area contributed by atoms with Crippen molar-refractivity contribution in [3.63, 3.8) is 0 Å². The monoisotopic (exact) mass is 288 g/mol. The van der Waals surface area contributed by atoms with E-state index in [2.05, 4.69) is 18.3 Å². The van der Waals surface area contributed by atoms with Gasteiger partial charge in [-0.25, -0.2) is 0 Å². The first-order valence-electron chi connectivity index (χ1n) is 7.88. The smallest absolute Gasteiger partial charge is 0.240 e. The predicted octanol–water partition coefficient (Wildman–Crippen LogP) is 2.01. The Balaban J connectivity index is 1.53. The van der Waals surface area contributed by atoms with Crippen molar-refractivity contribution in [2.75, 3.05) is 6.54 Å². The lowest BCUT2D eigenvalue weighted by molar-refractivity contribution is -0.128. The standard InChI is InChI=1S/C17H24N2O2/c1-12-5-4-8-17(18,10-12)16(20)19-11-14-9-13-6-2-3-7-15(13)21-14/h2-3,6-7,12,14H,4-5,8-11,18H2,1H3,(H,19,20). The Morgan fingerprint density at radius 2 is 2.29 bits per heavy atom. The van der Waals surface area contributed by atoms with E-state index in [1.54, 1.807) is 0 Å². The molecule has 3 atom stereocenters. The van der Waals surface area contributed by atoms with Gasteiger partial charge < -0.3 is 15.8 Å². The number of benzene rings is 1. The van der Waals surface area contributed by atoms with Crippen molar-refractivity contribution >= 4 is 5.91 Å². The van der Waals surface area contributed by atoms with Gasteiger partial charge in [0.05, 0.1) is 12.1 Å². The predicted molar refractivity (Wildman–Crippen MR) is 82.1 cm³/mol. The molecule has 4 nitrogen and oxygen atoms in total. The molecule has 1 saturated carbocycles. The Bertz CT molecular complexity index is 506. The van der Waals surface area contributed by atoms with Crippen LogP contribution >= 0.6 is 0 Å². The lowest BCUT2D eigenvalue weighted by Crippen LogP contribution is -2.57. The number of hydrogen-bond donors (Lipinski definition) is 2. The minimum atomic E-state index is -0.691. The van der Waals surface area contributed by atoms with Crippen molar-refractivity contribution in [1.82, 2.24) is 5.32 Å². The van der Waals surface area contributed by atoms with E-state index < -0.39 is 5.54 Å². The Morgan fingerprint density at radius 3 is 3.05 bits per heavy atom. The second kappa shape index (κ2) is 5.68. The summed E-state index contributed by atoms with van der Waals surface area (Å²) in [4.78, 5) is 12.4. The van der Waals surface area contributed by atoms with Gasteiger partial charge in [-0.1, -0.05) is 38.0 Å². The first kappa shape index (κ1) is 14.4. The summed E-state index contributed by atoms with van der Waals surface area (Å²) in [5, 5.41) is 3.00. The highest BCUT2D eigenvalue weighted by Crippen LogP contribution is 2.31. The van der Waals surface area contributed by atoms with Gasteiger partial charge in [0, 0.05) is 6.42 Å². The van der Waals surface area contributed by atoms with Gasteiger partial charge in [0.1, 0.15) is 11.9 Å². The van der Waals surface area contributed by atoms with Crippen molar-refractivity contribution in [3.8, 4) is 5.75 Å². The van der Waals surface area contributed by atoms with Crippen LogP contribution in [0.3, 0.4) is 0 Å². The van der Waals surface area contributed by atoms with Crippen molar-refractivity contribution in [3.05, 3.63) is 29.8 Å². The summed E-state index contributed by atoms with van der Waals surface area (Å²) >= 11 is 0. The third kappa shape index (κ3) is 3.05. The molecular weight excluding hydrogens is 264 g/mol. The number of ether oxygens (including phenoxy) is 1. The van der Waals surface area contributed by atoms with E-state index in [9.17, 15) is 4.79 Å². The van der Waals surface area contributed by atoms with Crippen LogP contribution in [0.15, 0.2) is 24.3 Å². The third-order valence-corrected chi connectivity index (χ3v) is 4.69. The minimum absolute atomic E-state index is 0.0198. The number of carbonyl (C=O) groups excluding carboxylic acids is 1. The van der Waals surface area contributed by atoms with Gasteiger partial charge >= 0.3 is 0 Å². The van der Waals surface area contributed by atoms with Gasteiger partial charge in [-0.3, -0.25) is 4.79 Å². The topological polar surface area (TPSA) is 64.4 Å².